The number of aromatic nitrogens is 4. The summed E-state index contributed by atoms with van der Waals surface area (Å²) >= 11 is 6.06. The van der Waals surface area contributed by atoms with Crippen LogP contribution in [0.4, 0.5) is 0 Å². The summed E-state index contributed by atoms with van der Waals surface area (Å²) in [6.07, 6.45) is 0. The quantitative estimate of drug-likeness (QED) is 0.783. The number of tetrazole rings is 1. The highest BCUT2D eigenvalue weighted by atomic mass is 35.5. The Hall–Kier alpha value is -1.70. The predicted molar refractivity (Wildman–Crippen MR) is 79.0 cm³/mol. The summed E-state index contributed by atoms with van der Waals surface area (Å²) in [5.41, 5.74) is 0.699. The van der Waals surface area contributed by atoms with Crippen molar-refractivity contribution in [2.75, 3.05) is 27.4 Å². The van der Waals surface area contributed by atoms with Crippen LogP contribution in [-0.2, 0) is 4.74 Å². The lowest BCUT2D eigenvalue weighted by Gasteiger charge is -2.15. The Balaban J connectivity index is 2.29. The monoisotopic (exact) mass is 311 g/mol. The number of hydrogen-bond acceptors (Lipinski definition) is 6. The second-order valence-corrected chi connectivity index (χ2v) is 4.87. The van der Waals surface area contributed by atoms with E-state index in [1.54, 1.807) is 37.1 Å². The molecule has 0 radical (unpaired) electrons. The van der Waals surface area contributed by atoms with Crippen molar-refractivity contribution in [3.05, 3.63) is 29.0 Å². The first-order valence-electron chi connectivity index (χ1n) is 6.52. The number of hydrogen-bond donors (Lipinski definition) is 1. The van der Waals surface area contributed by atoms with Crippen LogP contribution in [0.5, 0.6) is 5.75 Å². The molecule has 1 unspecified atom stereocenters. The third-order valence-corrected chi connectivity index (χ3v) is 3.24. The summed E-state index contributed by atoms with van der Waals surface area (Å²) in [4.78, 5) is 0. The van der Waals surface area contributed by atoms with Gasteiger partial charge < -0.3 is 14.8 Å². The Morgan fingerprint density at radius 3 is 2.90 bits per heavy atom. The number of nitrogens with zero attached hydrogens (tertiary/aromatic N) is 4. The molecule has 0 bridgehead atoms. The van der Waals surface area contributed by atoms with Gasteiger partial charge in [0.15, 0.2) is 5.82 Å². The number of nitrogens with one attached hydrogen (secondary N) is 1. The smallest absolute Gasteiger partial charge is 0.173 e. The van der Waals surface area contributed by atoms with Crippen LogP contribution in [-0.4, -0.2) is 47.6 Å². The summed E-state index contributed by atoms with van der Waals surface area (Å²) in [6.45, 7) is 3.30. The predicted octanol–water partition coefficient (Wildman–Crippen LogP) is 1.62. The number of benzene rings is 1. The minimum Gasteiger partial charge on any atom is -0.494 e. The minimum absolute atomic E-state index is 0.0427. The molecule has 8 heteroatoms. The molecule has 2 rings (SSSR count). The van der Waals surface area contributed by atoms with E-state index in [0.717, 1.165) is 0 Å². The van der Waals surface area contributed by atoms with Gasteiger partial charge in [-0.25, -0.2) is 0 Å². The Labute approximate surface area is 128 Å². The van der Waals surface area contributed by atoms with Crippen molar-refractivity contribution in [1.82, 2.24) is 25.5 Å². The van der Waals surface area contributed by atoms with Crippen molar-refractivity contribution < 1.29 is 9.47 Å². The van der Waals surface area contributed by atoms with E-state index in [1.807, 2.05) is 6.92 Å². The van der Waals surface area contributed by atoms with E-state index in [9.17, 15) is 0 Å². The van der Waals surface area contributed by atoms with Gasteiger partial charge in [-0.15, -0.1) is 5.10 Å². The number of halogens is 1. The Kier molecular flexibility index (Phi) is 5.49. The van der Waals surface area contributed by atoms with E-state index in [1.165, 1.54) is 0 Å². The van der Waals surface area contributed by atoms with Crippen molar-refractivity contribution >= 4 is 11.6 Å². The van der Waals surface area contributed by atoms with E-state index < -0.39 is 0 Å². The van der Waals surface area contributed by atoms with Crippen LogP contribution >= 0.6 is 11.6 Å². The van der Waals surface area contributed by atoms with Crippen LogP contribution in [0.1, 0.15) is 18.8 Å². The molecule has 1 heterocycles. The molecule has 7 nitrogen and oxygen atoms in total. The summed E-state index contributed by atoms with van der Waals surface area (Å²) in [6, 6.07) is 5.27. The van der Waals surface area contributed by atoms with Gasteiger partial charge in [-0.2, -0.15) is 4.68 Å². The number of ether oxygens (including phenoxy) is 2. The molecule has 0 spiro atoms. The topological polar surface area (TPSA) is 74.1 Å². The Bertz CT molecular complexity index is 590. The zero-order valence-electron chi connectivity index (χ0n) is 12.2. The number of rotatable bonds is 7. The van der Waals surface area contributed by atoms with Gasteiger partial charge in [0.05, 0.1) is 19.8 Å². The Morgan fingerprint density at radius 1 is 1.38 bits per heavy atom. The summed E-state index contributed by atoms with van der Waals surface area (Å²) < 4.78 is 12.0. The van der Waals surface area contributed by atoms with Gasteiger partial charge >= 0.3 is 0 Å². The van der Waals surface area contributed by atoms with Gasteiger partial charge in [0.25, 0.3) is 0 Å². The van der Waals surface area contributed by atoms with Gasteiger partial charge in [-0.1, -0.05) is 11.6 Å². The van der Waals surface area contributed by atoms with E-state index in [2.05, 4.69) is 20.8 Å². The molecule has 0 aliphatic rings. The molecular formula is C13H18ClN5O2. The maximum absolute atomic E-state index is 6.06. The lowest BCUT2D eigenvalue weighted by molar-refractivity contribution is 0.196. The van der Waals surface area contributed by atoms with Gasteiger partial charge in [-0.05, 0) is 35.5 Å². The molecule has 0 saturated heterocycles. The van der Waals surface area contributed by atoms with Crippen molar-refractivity contribution in [3.63, 3.8) is 0 Å². The summed E-state index contributed by atoms with van der Waals surface area (Å²) in [5.74, 6) is 1.32. The van der Waals surface area contributed by atoms with Crippen LogP contribution in [0.2, 0.25) is 5.02 Å². The fourth-order valence-electron chi connectivity index (χ4n) is 1.93. The lowest BCUT2D eigenvalue weighted by atomic mass is 10.2. The molecule has 0 aliphatic carbocycles. The van der Waals surface area contributed by atoms with E-state index in [4.69, 9.17) is 21.1 Å². The molecule has 1 N–H and O–H groups in total. The van der Waals surface area contributed by atoms with Gasteiger partial charge in [-0.3, -0.25) is 0 Å². The molecule has 1 atom stereocenters. The molecule has 0 fully saturated rings. The highest BCUT2D eigenvalue weighted by Crippen LogP contribution is 2.27. The van der Waals surface area contributed by atoms with E-state index in [-0.39, 0.29) is 6.04 Å². The highest BCUT2D eigenvalue weighted by molar-refractivity contribution is 6.30. The summed E-state index contributed by atoms with van der Waals surface area (Å²) in [5, 5.41) is 15.7. The van der Waals surface area contributed by atoms with Gasteiger partial charge in [0.2, 0.25) is 0 Å². The molecule has 21 heavy (non-hydrogen) atoms. The van der Waals surface area contributed by atoms with Crippen molar-refractivity contribution in [1.29, 1.82) is 0 Å². The standard InChI is InChI=1S/C13H18ClN5O2/c1-9(15-6-7-20-2)13-16-17-18-19(13)11-8-10(14)4-5-12(11)21-3/h4-5,8-9,15H,6-7H2,1-3H3. The second-order valence-electron chi connectivity index (χ2n) is 4.43. The van der Waals surface area contributed by atoms with Gasteiger partial charge in [0, 0.05) is 18.7 Å². The lowest BCUT2D eigenvalue weighted by Crippen LogP contribution is -2.25. The maximum atomic E-state index is 6.06. The van der Waals surface area contributed by atoms with Crippen LogP contribution < -0.4 is 10.1 Å². The third kappa shape index (κ3) is 3.69. The second kappa shape index (κ2) is 7.35. The fraction of sp³-hybridized carbons (Fsp3) is 0.462. The number of methoxy groups -OCH3 is 2. The molecule has 1 aromatic carbocycles. The molecule has 1 aromatic heterocycles. The molecule has 2 aromatic rings. The van der Waals surface area contributed by atoms with Crippen LogP contribution in [0.15, 0.2) is 18.2 Å². The van der Waals surface area contributed by atoms with Crippen LogP contribution in [0, 0.1) is 0 Å². The van der Waals surface area contributed by atoms with Crippen LogP contribution in [0.3, 0.4) is 0 Å². The SMILES string of the molecule is COCCNC(C)c1nnnn1-c1cc(Cl)ccc1OC. The van der Waals surface area contributed by atoms with E-state index in [0.29, 0.717) is 35.4 Å². The van der Waals surface area contributed by atoms with Crippen molar-refractivity contribution in [3.8, 4) is 11.4 Å². The van der Waals surface area contributed by atoms with E-state index >= 15 is 0 Å². The summed E-state index contributed by atoms with van der Waals surface area (Å²) in [7, 11) is 3.25. The first-order chi connectivity index (χ1) is 10.2. The zero-order valence-corrected chi connectivity index (χ0v) is 13.0. The Morgan fingerprint density at radius 2 is 2.19 bits per heavy atom. The molecule has 0 saturated carbocycles. The molecule has 114 valence electrons. The first-order valence-corrected chi connectivity index (χ1v) is 6.89. The average molecular weight is 312 g/mol. The van der Waals surface area contributed by atoms with Crippen molar-refractivity contribution in [2.24, 2.45) is 0 Å². The normalized spacial score (nSPS) is 12.4. The zero-order chi connectivity index (χ0) is 15.2. The maximum Gasteiger partial charge on any atom is 0.173 e. The third-order valence-electron chi connectivity index (χ3n) is 3.01. The highest BCUT2D eigenvalue weighted by Gasteiger charge is 2.18. The molecule has 0 amide bonds. The first kappa shape index (κ1) is 15.7. The van der Waals surface area contributed by atoms with Gasteiger partial charge in [0.1, 0.15) is 11.4 Å². The van der Waals surface area contributed by atoms with Crippen LogP contribution in [0.25, 0.3) is 5.69 Å². The fourth-order valence-corrected chi connectivity index (χ4v) is 2.10. The average Bonchev–Trinajstić information content (AvgIpc) is 2.96. The minimum atomic E-state index is -0.0427. The largest absolute Gasteiger partial charge is 0.494 e. The molecule has 0 aliphatic heterocycles. The molecular weight excluding hydrogens is 294 g/mol. The van der Waals surface area contributed by atoms with Crippen molar-refractivity contribution in [2.45, 2.75) is 13.0 Å².